The molecule has 1 aliphatic heterocycles. The molecule has 0 unspecified atom stereocenters. The summed E-state index contributed by atoms with van der Waals surface area (Å²) in [5, 5.41) is 2.60. The summed E-state index contributed by atoms with van der Waals surface area (Å²) in [6.45, 7) is 1.39. The van der Waals surface area contributed by atoms with Crippen molar-refractivity contribution in [3.8, 4) is 0 Å². The molecular formula is C16H16ClNO2S2. The van der Waals surface area contributed by atoms with Crippen molar-refractivity contribution in [2.24, 2.45) is 0 Å². The maximum absolute atomic E-state index is 12.5. The van der Waals surface area contributed by atoms with Gasteiger partial charge in [0.25, 0.3) is 0 Å². The van der Waals surface area contributed by atoms with Gasteiger partial charge in [-0.2, -0.15) is 0 Å². The molecule has 0 bridgehead atoms. The van der Waals surface area contributed by atoms with E-state index in [1.165, 1.54) is 17.6 Å². The standard InChI is InChI=1S/C16H16ClNO2S2/c1-20-15(19)16(21,12-4-2-3-5-13(12)17)18-8-6-14-11(10-18)7-9-22-14/h2-5,7,9,21H,6,8,10H2,1H3/t16-/m0/s1. The van der Waals surface area contributed by atoms with Gasteiger partial charge in [-0.15, -0.1) is 24.0 Å². The first-order valence-electron chi connectivity index (χ1n) is 6.93. The Labute approximate surface area is 144 Å². The summed E-state index contributed by atoms with van der Waals surface area (Å²) in [7, 11) is 1.38. The van der Waals surface area contributed by atoms with E-state index in [0.717, 1.165) is 13.0 Å². The van der Waals surface area contributed by atoms with Crippen molar-refractivity contribution in [3.63, 3.8) is 0 Å². The second kappa shape index (κ2) is 6.24. The minimum atomic E-state index is -1.19. The molecule has 3 rings (SSSR count). The van der Waals surface area contributed by atoms with E-state index >= 15 is 0 Å². The van der Waals surface area contributed by atoms with Crippen molar-refractivity contribution < 1.29 is 9.53 Å². The van der Waals surface area contributed by atoms with Crippen LogP contribution in [0, 0.1) is 0 Å². The summed E-state index contributed by atoms with van der Waals surface area (Å²) in [6.07, 6.45) is 0.900. The monoisotopic (exact) mass is 353 g/mol. The molecule has 0 amide bonds. The molecule has 116 valence electrons. The van der Waals surface area contributed by atoms with Gasteiger partial charge in [-0.25, -0.2) is 4.79 Å². The van der Waals surface area contributed by atoms with Gasteiger partial charge in [0.05, 0.1) is 7.11 Å². The van der Waals surface area contributed by atoms with Crippen LogP contribution in [0.1, 0.15) is 16.0 Å². The molecule has 1 aliphatic rings. The molecule has 0 radical (unpaired) electrons. The predicted molar refractivity (Wildman–Crippen MR) is 92.6 cm³/mol. The number of benzene rings is 1. The molecule has 1 aromatic carbocycles. The third kappa shape index (κ3) is 2.56. The van der Waals surface area contributed by atoms with Crippen molar-refractivity contribution >= 4 is 41.5 Å². The van der Waals surface area contributed by atoms with Crippen molar-refractivity contribution in [2.45, 2.75) is 17.8 Å². The highest BCUT2D eigenvalue weighted by Crippen LogP contribution is 2.41. The number of halogens is 1. The van der Waals surface area contributed by atoms with Gasteiger partial charge in [-0.1, -0.05) is 29.8 Å². The summed E-state index contributed by atoms with van der Waals surface area (Å²) in [5.74, 6) is -0.414. The van der Waals surface area contributed by atoms with Crippen molar-refractivity contribution in [3.05, 3.63) is 56.7 Å². The lowest BCUT2D eigenvalue weighted by molar-refractivity contribution is -0.150. The summed E-state index contributed by atoms with van der Waals surface area (Å²) in [5.41, 5.74) is 1.90. The van der Waals surface area contributed by atoms with Crippen molar-refractivity contribution in [2.75, 3.05) is 13.7 Å². The molecule has 0 aliphatic carbocycles. The lowest BCUT2D eigenvalue weighted by Crippen LogP contribution is -2.50. The summed E-state index contributed by atoms with van der Waals surface area (Å²) in [4.78, 5) is 14.7. The molecule has 0 spiro atoms. The van der Waals surface area contributed by atoms with Crippen molar-refractivity contribution in [1.82, 2.24) is 4.90 Å². The second-order valence-electron chi connectivity index (χ2n) is 5.18. The molecule has 3 nitrogen and oxygen atoms in total. The van der Waals surface area contributed by atoms with Crippen LogP contribution in [0.4, 0.5) is 0 Å². The lowest BCUT2D eigenvalue weighted by Gasteiger charge is -2.40. The van der Waals surface area contributed by atoms with Crippen LogP contribution in [-0.4, -0.2) is 24.5 Å². The zero-order chi connectivity index (χ0) is 15.7. The van der Waals surface area contributed by atoms with Crippen LogP contribution in [0.2, 0.25) is 5.02 Å². The van der Waals surface area contributed by atoms with Crippen molar-refractivity contribution in [1.29, 1.82) is 0 Å². The Balaban J connectivity index is 2.04. The molecular weight excluding hydrogens is 338 g/mol. The van der Waals surface area contributed by atoms with Gasteiger partial charge in [0.15, 0.2) is 4.87 Å². The number of rotatable bonds is 3. The fourth-order valence-electron chi connectivity index (χ4n) is 2.82. The van der Waals surface area contributed by atoms with Crippen LogP contribution in [-0.2, 0) is 27.4 Å². The number of carbonyl (C=O) groups is 1. The Morgan fingerprint density at radius 3 is 2.91 bits per heavy atom. The van der Waals surface area contributed by atoms with Crippen LogP contribution in [0.5, 0.6) is 0 Å². The molecule has 2 aromatic rings. The molecule has 2 heterocycles. The maximum Gasteiger partial charge on any atom is 0.341 e. The lowest BCUT2D eigenvalue weighted by atomic mass is 10.0. The SMILES string of the molecule is COC(=O)[C@@](S)(c1ccccc1Cl)N1CCc2sccc2C1. The molecule has 0 saturated carbocycles. The molecule has 0 saturated heterocycles. The van der Waals surface area contributed by atoms with Gasteiger partial charge < -0.3 is 4.74 Å². The fraction of sp³-hybridized carbons (Fsp3) is 0.312. The van der Waals surface area contributed by atoms with Gasteiger partial charge in [0.1, 0.15) is 0 Å². The maximum atomic E-state index is 12.5. The Morgan fingerprint density at radius 1 is 1.41 bits per heavy atom. The Bertz CT molecular complexity index is 703. The van der Waals surface area contributed by atoms with Gasteiger partial charge >= 0.3 is 5.97 Å². The van der Waals surface area contributed by atoms with Crippen LogP contribution < -0.4 is 0 Å². The quantitative estimate of drug-likeness (QED) is 0.673. The van der Waals surface area contributed by atoms with Crippen LogP contribution >= 0.6 is 35.6 Å². The Kier molecular flexibility index (Phi) is 4.50. The zero-order valence-corrected chi connectivity index (χ0v) is 14.5. The molecule has 1 atom stereocenters. The van der Waals surface area contributed by atoms with Crippen LogP contribution in [0.15, 0.2) is 35.7 Å². The minimum Gasteiger partial charge on any atom is -0.467 e. The van der Waals surface area contributed by atoms with E-state index in [1.807, 2.05) is 23.1 Å². The van der Waals surface area contributed by atoms with E-state index in [4.69, 9.17) is 29.0 Å². The third-order valence-corrected chi connectivity index (χ3v) is 6.04. The number of ether oxygens (including phenoxy) is 1. The topological polar surface area (TPSA) is 29.5 Å². The number of methoxy groups -OCH3 is 1. The zero-order valence-electron chi connectivity index (χ0n) is 12.1. The van der Waals surface area contributed by atoms with Crippen LogP contribution in [0.3, 0.4) is 0 Å². The smallest absolute Gasteiger partial charge is 0.341 e. The summed E-state index contributed by atoms with van der Waals surface area (Å²) >= 11 is 12.8. The summed E-state index contributed by atoms with van der Waals surface area (Å²) < 4.78 is 5.03. The van der Waals surface area contributed by atoms with Crippen LogP contribution in [0.25, 0.3) is 0 Å². The third-order valence-electron chi connectivity index (χ3n) is 3.98. The number of nitrogens with zero attached hydrogens (tertiary/aromatic N) is 1. The van der Waals surface area contributed by atoms with E-state index in [9.17, 15) is 4.79 Å². The average Bonchev–Trinajstić information content (AvgIpc) is 3.01. The number of hydrogen-bond acceptors (Lipinski definition) is 5. The largest absolute Gasteiger partial charge is 0.467 e. The highest BCUT2D eigenvalue weighted by Gasteiger charge is 2.46. The first-order valence-corrected chi connectivity index (χ1v) is 8.64. The van der Waals surface area contributed by atoms with E-state index < -0.39 is 10.8 Å². The van der Waals surface area contributed by atoms with E-state index in [-0.39, 0.29) is 0 Å². The Hall–Kier alpha value is -1.01. The molecule has 6 heteroatoms. The first kappa shape index (κ1) is 15.9. The van der Waals surface area contributed by atoms with Gasteiger partial charge in [-0.3, -0.25) is 4.90 Å². The van der Waals surface area contributed by atoms with Gasteiger partial charge in [-0.05, 0) is 29.5 Å². The number of fused-ring (bicyclic) bond motifs is 1. The highest BCUT2D eigenvalue weighted by atomic mass is 35.5. The van der Waals surface area contributed by atoms with E-state index in [1.54, 1.807) is 17.4 Å². The van der Waals surface area contributed by atoms with Gasteiger partial charge in [0, 0.05) is 28.6 Å². The predicted octanol–water partition coefficient (Wildman–Crippen LogP) is 3.72. The van der Waals surface area contributed by atoms with E-state index in [2.05, 4.69) is 11.4 Å². The number of hydrogen-bond donors (Lipinski definition) is 1. The Morgan fingerprint density at radius 2 is 2.18 bits per heavy atom. The molecule has 0 fully saturated rings. The average molecular weight is 354 g/mol. The number of thiophene rings is 1. The summed E-state index contributed by atoms with van der Waals surface area (Å²) in [6, 6.07) is 9.39. The number of esters is 1. The second-order valence-corrected chi connectivity index (χ2v) is 7.24. The highest BCUT2D eigenvalue weighted by molar-refractivity contribution is 7.82. The first-order chi connectivity index (χ1) is 10.6. The van der Waals surface area contributed by atoms with E-state index in [0.29, 0.717) is 17.1 Å². The fourth-order valence-corrected chi connectivity index (χ4v) is 4.51. The van der Waals surface area contributed by atoms with Gasteiger partial charge in [0.2, 0.25) is 0 Å². The molecule has 22 heavy (non-hydrogen) atoms. The normalized spacial score (nSPS) is 17.6. The number of thiol groups is 1. The minimum absolute atomic E-state index is 0.414. The number of carbonyl (C=O) groups excluding carboxylic acids is 1. The molecule has 0 N–H and O–H groups in total. The molecule has 1 aromatic heterocycles.